The zero-order chi connectivity index (χ0) is 28.1. The summed E-state index contributed by atoms with van der Waals surface area (Å²) in [6.07, 6.45) is -8.09. The van der Waals surface area contributed by atoms with E-state index in [0.29, 0.717) is 33.3 Å². The number of thioether (sulfide) groups is 1. The number of aliphatic imine (C=N–C) groups is 1. The fraction of sp³-hybridized carbons (Fsp3) is 0.308. The minimum atomic E-state index is -4.71. The first-order chi connectivity index (χ1) is 17.8. The van der Waals surface area contributed by atoms with Gasteiger partial charge in [-0.2, -0.15) is 26.3 Å². The van der Waals surface area contributed by atoms with E-state index in [-0.39, 0.29) is 6.42 Å². The third-order valence-corrected chi connectivity index (χ3v) is 6.71. The summed E-state index contributed by atoms with van der Waals surface area (Å²) < 4.78 is 82.9. The van der Waals surface area contributed by atoms with Crippen molar-refractivity contribution >= 4 is 28.5 Å². The molecule has 12 heteroatoms. The second kappa shape index (κ2) is 12.1. The van der Waals surface area contributed by atoms with Crippen LogP contribution in [0.5, 0.6) is 0 Å². The van der Waals surface area contributed by atoms with Crippen LogP contribution in [0.15, 0.2) is 77.0 Å². The number of benzene rings is 2. The number of hydrogen-bond acceptors (Lipinski definition) is 6. The monoisotopic (exact) mass is 557 g/mol. The van der Waals surface area contributed by atoms with E-state index in [9.17, 15) is 31.1 Å². The van der Waals surface area contributed by atoms with Crippen LogP contribution >= 0.6 is 11.8 Å². The lowest BCUT2D eigenvalue weighted by Gasteiger charge is -2.27. The van der Waals surface area contributed by atoms with E-state index in [4.69, 9.17) is 5.73 Å². The summed E-state index contributed by atoms with van der Waals surface area (Å²) in [6.45, 7) is 5.29. The normalized spacial score (nSPS) is 14.9. The van der Waals surface area contributed by atoms with Gasteiger partial charge >= 0.3 is 18.3 Å². The average molecular weight is 558 g/mol. The van der Waals surface area contributed by atoms with E-state index in [1.165, 1.54) is 18.3 Å². The van der Waals surface area contributed by atoms with E-state index in [1.54, 1.807) is 23.2 Å². The lowest BCUT2D eigenvalue weighted by molar-refractivity contribution is -0.221. The van der Waals surface area contributed by atoms with Gasteiger partial charge in [-0.3, -0.25) is 4.79 Å². The molecule has 0 saturated heterocycles. The molecule has 0 radical (unpaired) electrons. The maximum absolute atomic E-state index is 13.3. The molecule has 0 aliphatic carbocycles. The van der Waals surface area contributed by atoms with Crippen LogP contribution in [0.4, 0.5) is 32.0 Å². The number of aryl methyl sites for hydroxylation is 2. The minimum absolute atomic E-state index is 0.0265. The number of anilines is 1. The van der Waals surface area contributed by atoms with Gasteiger partial charge in [-0.25, -0.2) is 4.99 Å². The Bertz CT molecular complexity index is 1220. The molecule has 0 bridgehead atoms. The van der Waals surface area contributed by atoms with Crippen molar-refractivity contribution in [3.8, 4) is 0 Å². The molecule has 1 aliphatic rings. The molecule has 1 atom stereocenters. The number of carbonyl (C=O) groups excluding carboxylic acids is 1. The van der Waals surface area contributed by atoms with Crippen molar-refractivity contribution in [2.75, 3.05) is 11.4 Å². The van der Waals surface area contributed by atoms with Crippen molar-refractivity contribution in [1.82, 2.24) is 0 Å². The molecule has 38 heavy (non-hydrogen) atoms. The first-order valence-electron chi connectivity index (χ1n) is 11.5. The molecule has 0 fully saturated rings. The molecule has 0 amide bonds. The highest BCUT2D eigenvalue weighted by Crippen LogP contribution is 2.35. The zero-order valence-corrected chi connectivity index (χ0v) is 21.1. The van der Waals surface area contributed by atoms with Crippen molar-refractivity contribution in [2.45, 2.75) is 49.5 Å². The van der Waals surface area contributed by atoms with Gasteiger partial charge in [0.15, 0.2) is 6.10 Å². The highest BCUT2D eigenvalue weighted by atomic mass is 32.2. The average Bonchev–Trinajstić information content (AvgIpc) is 2.86. The summed E-state index contributed by atoms with van der Waals surface area (Å²) in [5.41, 5.74) is 6.98. The van der Waals surface area contributed by atoms with Gasteiger partial charge in [0.1, 0.15) is 5.04 Å². The Kier molecular flexibility index (Phi) is 9.31. The number of hydrogen-bond donors (Lipinski definition) is 1. The van der Waals surface area contributed by atoms with Crippen LogP contribution in [-0.2, 0) is 28.5 Å². The van der Waals surface area contributed by atoms with Crippen LogP contribution in [0, 0.1) is 0 Å². The highest BCUT2D eigenvalue weighted by molar-refractivity contribution is 8.14. The minimum Gasteiger partial charge on any atom is -0.452 e. The number of nitrogens with two attached hydrogens (primary N) is 1. The second-order valence-electron chi connectivity index (χ2n) is 8.24. The summed E-state index contributed by atoms with van der Waals surface area (Å²) in [7, 11) is 0. The molecule has 1 aliphatic heterocycles. The van der Waals surface area contributed by atoms with E-state index in [1.807, 2.05) is 13.0 Å². The summed E-state index contributed by atoms with van der Waals surface area (Å²) in [4.78, 5) is 17.9. The third kappa shape index (κ3) is 7.41. The molecule has 204 valence electrons. The molecule has 1 unspecified atom stereocenters. The molecular weight excluding hydrogens is 532 g/mol. The van der Waals surface area contributed by atoms with Gasteiger partial charge in [0.05, 0.1) is 17.8 Å². The Hall–Kier alpha value is -3.25. The van der Waals surface area contributed by atoms with Crippen LogP contribution in [0.2, 0.25) is 0 Å². The van der Waals surface area contributed by atoms with Crippen molar-refractivity contribution in [3.05, 3.63) is 83.8 Å². The number of nitrogens with zero attached hydrogens (tertiary/aromatic N) is 2. The van der Waals surface area contributed by atoms with E-state index >= 15 is 0 Å². The molecule has 2 aromatic rings. The van der Waals surface area contributed by atoms with E-state index < -0.39 is 43.0 Å². The number of halogens is 6. The third-order valence-electron chi connectivity index (χ3n) is 5.67. The number of esters is 1. The molecule has 1 heterocycles. The van der Waals surface area contributed by atoms with Crippen molar-refractivity contribution in [1.29, 1.82) is 0 Å². The summed E-state index contributed by atoms with van der Waals surface area (Å²) >= 11 is 1.16. The molecule has 5 nitrogen and oxygen atoms in total. The zero-order valence-electron chi connectivity index (χ0n) is 20.3. The Morgan fingerprint density at radius 1 is 1.11 bits per heavy atom. The van der Waals surface area contributed by atoms with Crippen LogP contribution in [0.1, 0.15) is 30.0 Å². The van der Waals surface area contributed by atoms with Crippen LogP contribution in [0.3, 0.4) is 0 Å². The number of rotatable bonds is 8. The van der Waals surface area contributed by atoms with Gasteiger partial charge in [0.2, 0.25) is 0 Å². The van der Waals surface area contributed by atoms with Crippen molar-refractivity contribution in [3.63, 3.8) is 0 Å². The predicted molar refractivity (Wildman–Crippen MR) is 135 cm³/mol. The molecular formula is C26H25F6N3O2S. The summed E-state index contributed by atoms with van der Waals surface area (Å²) in [6, 6.07) is 9.96. The van der Waals surface area contributed by atoms with Crippen LogP contribution in [-0.4, -0.2) is 29.8 Å². The molecule has 3 rings (SSSR count). The molecule has 0 saturated carbocycles. The SMILES string of the molecule is C=C1C(Sc2ccc(C(F)(F)F)cc2)=NC=CN1c1ccc(CCC(OC(=O)CN)C(F)(F)F)c(CC)c1. The molecule has 0 aromatic heterocycles. The topological polar surface area (TPSA) is 67.9 Å². The lowest BCUT2D eigenvalue weighted by Crippen LogP contribution is -2.36. The first-order valence-corrected chi connectivity index (χ1v) is 12.3. The van der Waals surface area contributed by atoms with Crippen LogP contribution < -0.4 is 10.6 Å². The Balaban J connectivity index is 1.73. The molecule has 2 N–H and O–H groups in total. The summed E-state index contributed by atoms with van der Waals surface area (Å²) in [5.74, 6) is -1.12. The number of ether oxygens (including phenoxy) is 1. The smallest absolute Gasteiger partial charge is 0.425 e. The second-order valence-corrected chi connectivity index (χ2v) is 9.30. The first kappa shape index (κ1) is 29.3. The number of alkyl halides is 6. The van der Waals surface area contributed by atoms with Gasteiger partial charge in [-0.1, -0.05) is 31.3 Å². The Morgan fingerprint density at radius 2 is 1.79 bits per heavy atom. The standard InChI is InChI=1S/C26H25F6N3O2S/c1-3-17-14-20(8-4-18(17)5-11-22(26(30,31)32)37-23(36)15-33)35-13-12-34-24(16(35)2)38-21-9-6-19(7-10-21)25(27,28)29/h4,6-10,12-14,22H,2-3,5,11,15,33H2,1H3. The lowest BCUT2D eigenvalue weighted by atomic mass is 9.98. The quantitative estimate of drug-likeness (QED) is 0.292. The van der Waals surface area contributed by atoms with Gasteiger partial charge in [0.25, 0.3) is 0 Å². The van der Waals surface area contributed by atoms with Gasteiger partial charge in [-0.15, -0.1) is 0 Å². The fourth-order valence-electron chi connectivity index (χ4n) is 3.70. The number of carbonyl (C=O) groups is 1. The maximum Gasteiger partial charge on any atom is 0.425 e. The highest BCUT2D eigenvalue weighted by Gasteiger charge is 2.42. The van der Waals surface area contributed by atoms with E-state index in [2.05, 4.69) is 16.3 Å². The van der Waals surface area contributed by atoms with Crippen LogP contribution in [0.25, 0.3) is 0 Å². The van der Waals surface area contributed by atoms with Gasteiger partial charge < -0.3 is 15.4 Å². The Labute approximate surface area is 220 Å². The summed E-state index contributed by atoms with van der Waals surface area (Å²) in [5, 5.41) is 0.476. The van der Waals surface area contributed by atoms with E-state index in [0.717, 1.165) is 29.5 Å². The molecule has 0 spiro atoms. The predicted octanol–water partition coefficient (Wildman–Crippen LogP) is 6.63. The van der Waals surface area contributed by atoms with Gasteiger partial charge in [-0.05, 0) is 66.8 Å². The molecule has 2 aromatic carbocycles. The maximum atomic E-state index is 13.3. The fourth-order valence-corrected chi connectivity index (χ4v) is 4.53. The largest absolute Gasteiger partial charge is 0.452 e. The Morgan fingerprint density at radius 3 is 2.37 bits per heavy atom. The van der Waals surface area contributed by atoms with Gasteiger partial charge in [0, 0.05) is 23.0 Å². The van der Waals surface area contributed by atoms with Crippen molar-refractivity contribution < 1.29 is 35.9 Å². The van der Waals surface area contributed by atoms with Crippen molar-refractivity contribution in [2.24, 2.45) is 10.7 Å².